The Morgan fingerprint density at radius 1 is 1.20 bits per heavy atom. The monoisotopic (exact) mass is 341 g/mol. The summed E-state index contributed by atoms with van der Waals surface area (Å²) in [5.41, 5.74) is 2.64. The molecule has 1 fully saturated rings. The number of nitrogens with zero attached hydrogens (tertiary/aromatic N) is 3. The first kappa shape index (κ1) is 15.8. The highest BCUT2D eigenvalue weighted by atomic mass is 16.5. The van der Waals surface area contributed by atoms with Crippen LogP contribution in [0, 0.1) is 20.8 Å². The van der Waals surface area contributed by atoms with Crippen LogP contribution in [0.25, 0.3) is 11.0 Å². The molecule has 130 valence electrons. The van der Waals surface area contributed by atoms with Crippen molar-refractivity contribution < 1.29 is 18.4 Å². The van der Waals surface area contributed by atoms with Gasteiger partial charge < -0.3 is 18.5 Å². The highest BCUT2D eigenvalue weighted by molar-refractivity contribution is 5.99. The van der Waals surface area contributed by atoms with E-state index in [1.807, 2.05) is 32.0 Å². The van der Waals surface area contributed by atoms with Crippen molar-refractivity contribution in [1.29, 1.82) is 0 Å². The number of furan rings is 1. The van der Waals surface area contributed by atoms with Gasteiger partial charge in [0.1, 0.15) is 5.58 Å². The van der Waals surface area contributed by atoms with Crippen LogP contribution in [0.4, 0.5) is 0 Å². The topological polar surface area (TPSA) is 81.6 Å². The average Bonchev–Trinajstić information content (AvgIpc) is 3.20. The number of carbonyl (C=O) groups is 1. The van der Waals surface area contributed by atoms with Gasteiger partial charge in [-0.05, 0) is 19.4 Å². The van der Waals surface area contributed by atoms with Gasteiger partial charge >= 0.3 is 0 Å². The Kier molecular flexibility index (Phi) is 3.80. The van der Waals surface area contributed by atoms with E-state index in [0.29, 0.717) is 37.2 Å². The molecule has 4 rings (SSSR count). The van der Waals surface area contributed by atoms with Crippen LogP contribution < -0.4 is 0 Å². The number of hydrogen-bond acceptors (Lipinski definition) is 6. The molecule has 25 heavy (non-hydrogen) atoms. The molecule has 0 N–H and O–H groups in total. The van der Waals surface area contributed by atoms with Gasteiger partial charge in [0.05, 0.1) is 13.2 Å². The molecule has 0 bridgehead atoms. The van der Waals surface area contributed by atoms with Gasteiger partial charge in [-0.1, -0.05) is 18.2 Å². The fraction of sp³-hybridized carbons (Fsp3) is 0.389. The van der Waals surface area contributed by atoms with Crippen molar-refractivity contribution in [2.45, 2.75) is 26.9 Å². The Morgan fingerprint density at radius 2 is 2.04 bits per heavy atom. The number of aryl methyl sites for hydroxylation is 3. The number of ether oxygens (including phenoxy) is 1. The second-order valence-corrected chi connectivity index (χ2v) is 6.28. The minimum atomic E-state index is -0.412. The van der Waals surface area contributed by atoms with E-state index in [0.717, 1.165) is 22.1 Å². The quantitative estimate of drug-likeness (QED) is 0.713. The summed E-state index contributed by atoms with van der Waals surface area (Å²) in [5, 5.41) is 8.79. The van der Waals surface area contributed by atoms with Gasteiger partial charge in [0, 0.05) is 24.4 Å². The summed E-state index contributed by atoms with van der Waals surface area (Å²) in [6.45, 7) is 6.88. The zero-order valence-corrected chi connectivity index (χ0v) is 14.4. The molecule has 0 radical (unpaired) electrons. The first-order valence-corrected chi connectivity index (χ1v) is 8.24. The summed E-state index contributed by atoms with van der Waals surface area (Å²) in [6.07, 6.45) is -0.412. The van der Waals surface area contributed by atoms with E-state index in [-0.39, 0.29) is 5.91 Å². The summed E-state index contributed by atoms with van der Waals surface area (Å²) in [4.78, 5) is 14.7. The predicted octanol–water partition coefficient (Wildman–Crippen LogP) is 2.95. The maximum atomic E-state index is 13.0. The number of fused-ring (bicyclic) bond motifs is 1. The number of rotatable bonds is 2. The van der Waals surface area contributed by atoms with Crippen LogP contribution in [-0.2, 0) is 4.74 Å². The van der Waals surface area contributed by atoms with Gasteiger partial charge in [-0.2, -0.15) is 0 Å². The van der Waals surface area contributed by atoms with E-state index in [1.165, 1.54) is 0 Å². The molecule has 1 atom stereocenters. The Bertz CT molecular complexity index is 943. The fourth-order valence-electron chi connectivity index (χ4n) is 3.16. The molecule has 1 aliphatic rings. The van der Waals surface area contributed by atoms with Crippen molar-refractivity contribution in [2.75, 3.05) is 19.7 Å². The third-order valence-electron chi connectivity index (χ3n) is 4.53. The van der Waals surface area contributed by atoms with E-state index < -0.39 is 6.10 Å². The average molecular weight is 341 g/mol. The number of benzene rings is 1. The molecule has 3 heterocycles. The van der Waals surface area contributed by atoms with Crippen molar-refractivity contribution >= 4 is 16.9 Å². The van der Waals surface area contributed by atoms with Crippen LogP contribution >= 0.6 is 0 Å². The van der Waals surface area contributed by atoms with E-state index in [2.05, 4.69) is 10.2 Å². The highest BCUT2D eigenvalue weighted by Crippen LogP contribution is 2.30. The minimum Gasteiger partial charge on any atom is -0.450 e. The van der Waals surface area contributed by atoms with E-state index in [9.17, 15) is 4.79 Å². The summed E-state index contributed by atoms with van der Waals surface area (Å²) in [5.74, 6) is 1.11. The van der Waals surface area contributed by atoms with Crippen LogP contribution in [0.1, 0.15) is 39.6 Å². The lowest BCUT2D eigenvalue weighted by Crippen LogP contribution is -2.42. The number of morpholine rings is 1. The Labute approximate surface area is 144 Å². The lowest BCUT2D eigenvalue weighted by atomic mass is 10.1. The highest BCUT2D eigenvalue weighted by Gasteiger charge is 2.32. The lowest BCUT2D eigenvalue weighted by Gasteiger charge is -2.30. The van der Waals surface area contributed by atoms with Crippen LogP contribution in [0.3, 0.4) is 0 Å². The molecule has 7 heteroatoms. The van der Waals surface area contributed by atoms with Crippen molar-refractivity contribution in [3.63, 3.8) is 0 Å². The standard InChI is InChI=1S/C18H19N3O4/c1-10-5-4-6-13-11(2)16(25-15(10)13)18(22)21-7-8-23-14(9-21)17-20-19-12(3)24-17/h4-6,14H,7-9H2,1-3H3. The number of amides is 1. The van der Waals surface area contributed by atoms with Gasteiger partial charge in [0.15, 0.2) is 11.9 Å². The fourth-order valence-corrected chi connectivity index (χ4v) is 3.16. The molecule has 0 spiro atoms. The van der Waals surface area contributed by atoms with Crippen LogP contribution in [0.5, 0.6) is 0 Å². The summed E-state index contributed by atoms with van der Waals surface area (Å²) >= 11 is 0. The van der Waals surface area contributed by atoms with Gasteiger partial charge in [-0.15, -0.1) is 10.2 Å². The number of para-hydroxylation sites is 1. The molecular formula is C18H19N3O4. The minimum absolute atomic E-state index is 0.141. The first-order valence-electron chi connectivity index (χ1n) is 8.24. The number of hydrogen-bond donors (Lipinski definition) is 0. The van der Waals surface area contributed by atoms with Gasteiger partial charge in [-0.3, -0.25) is 4.79 Å². The lowest BCUT2D eigenvalue weighted by molar-refractivity contribution is -0.0357. The van der Waals surface area contributed by atoms with Crippen LogP contribution in [-0.4, -0.2) is 40.7 Å². The Hall–Kier alpha value is -2.67. The molecule has 1 amide bonds. The maximum absolute atomic E-state index is 13.0. The smallest absolute Gasteiger partial charge is 0.290 e. The summed E-state index contributed by atoms with van der Waals surface area (Å²) in [6, 6.07) is 5.92. The zero-order valence-electron chi connectivity index (χ0n) is 14.4. The molecule has 2 aromatic heterocycles. The van der Waals surface area contributed by atoms with Gasteiger partial charge in [0.2, 0.25) is 11.8 Å². The third-order valence-corrected chi connectivity index (χ3v) is 4.53. The first-order chi connectivity index (χ1) is 12.0. The molecule has 1 aliphatic heterocycles. The molecule has 7 nitrogen and oxygen atoms in total. The molecule has 3 aromatic rings. The van der Waals surface area contributed by atoms with Crippen molar-refractivity contribution in [3.05, 3.63) is 46.9 Å². The Balaban J connectivity index is 1.62. The van der Waals surface area contributed by atoms with E-state index >= 15 is 0 Å². The van der Waals surface area contributed by atoms with Crippen molar-refractivity contribution in [2.24, 2.45) is 0 Å². The summed E-state index contributed by atoms with van der Waals surface area (Å²) < 4.78 is 17.0. The van der Waals surface area contributed by atoms with Crippen molar-refractivity contribution in [3.8, 4) is 0 Å². The maximum Gasteiger partial charge on any atom is 0.290 e. The third kappa shape index (κ3) is 2.70. The van der Waals surface area contributed by atoms with E-state index in [1.54, 1.807) is 11.8 Å². The Morgan fingerprint density at radius 3 is 2.76 bits per heavy atom. The molecule has 0 saturated carbocycles. The molecule has 1 saturated heterocycles. The van der Waals surface area contributed by atoms with Gasteiger partial charge in [-0.25, -0.2) is 0 Å². The van der Waals surface area contributed by atoms with Crippen LogP contribution in [0.15, 0.2) is 27.0 Å². The predicted molar refractivity (Wildman–Crippen MR) is 89.3 cm³/mol. The molecule has 1 aromatic carbocycles. The second-order valence-electron chi connectivity index (χ2n) is 6.28. The van der Waals surface area contributed by atoms with Gasteiger partial charge in [0.25, 0.3) is 5.91 Å². The van der Waals surface area contributed by atoms with Crippen LogP contribution in [0.2, 0.25) is 0 Å². The second kappa shape index (κ2) is 6.00. The largest absolute Gasteiger partial charge is 0.450 e. The molecule has 0 aliphatic carbocycles. The normalized spacial score (nSPS) is 18.0. The number of aromatic nitrogens is 2. The molecular weight excluding hydrogens is 322 g/mol. The number of carbonyl (C=O) groups excluding carboxylic acids is 1. The zero-order chi connectivity index (χ0) is 17.6. The van der Waals surface area contributed by atoms with Crippen molar-refractivity contribution in [1.82, 2.24) is 15.1 Å². The molecule has 1 unspecified atom stereocenters. The summed E-state index contributed by atoms with van der Waals surface area (Å²) in [7, 11) is 0. The SMILES string of the molecule is Cc1nnc(C2CN(C(=O)c3oc4c(C)cccc4c3C)CCO2)o1. The van der Waals surface area contributed by atoms with E-state index in [4.69, 9.17) is 13.6 Å².